The van der Waals surface area contributed by atoms with Crippen LogP contribution in [0.2, 0.25) is 0 Å². The number of hydrogen-bond acceptors (Lipinski definition) is 3. The van der Waals surface area contributed by atoms with E-state index in [0.29, 0.717) is 12.1 Å². The highest BCUT2D eigenvalue weighted by Crippen LogP contribution is 2.26. The predicted octanol–water partition coefficient (Wildman–Crippen LogP) is 3.98. The van der Waals surface area contributed by atoms with Gasteiger partial charge in [0.15, 0.2) is 11.6 Å². The molecule has 0 saturated carbocycles. The predicted molar refractivity (Wildman–Crippen MR) is 90.5 cm³/mol. The molecule has 2 rings (SSSR count). The quantitative estimate of drug-likeness (QED) is 0.712. The topological polar surface area (TPSA) is 75.6 Å². The molecule has 2 aromatic rings. The number of nitrogens with one attached hydrogen (secondary N) is 1. The minimum atomic E-state index is -1.35. The van der Waals surface area contributed by atoms with Crippen LogP contribution < -0.4 is 5.32 Å². The van der Waals surface area contributed by atoms with Gasteiger partial charge in [0, 0.05) is 18.0 Å². The van der Waals surface area contributed by atoms with Crippen molar-refractivity contribution in [2.75, 3.05) is 0 Å². The fourth-order valence-electron chi connectivity index (χ4n) is 2.56. The molecule has 2 unspecified atom stereocenters. The molecule has 2 atom stereocenters. The molecule has 0 heterocycles. The molecular weight excluding hydrogens is 363 g/mol. The highest BCUT2D eigenvalue weighted by Gasteiger charge is 2.27. The molecule has 0 aliphatic rings. The van der Waals surface area contributed by atoms with Crippen LogP contribution in [0.1, 0.15) is 30.4 Å². The fraction of sp³-hybridized carbons (Fsp3) is 0.263. The second-order valence-electron chi connectivity index (χ2n) is 5.99. The van der Waals surface area contributed by atoms with Crippen molar-refractivity contribution in [1.29, 1.82) is 0 Å². The van der Waals surface area contributed by atoms with E-state index in [2.05, 4.69) is 5.32 Å². The number of benzene rings is 2. The van der Waals surface area contributed by atoms with Gasteiger partial charge in [-0.25, -0.2) is 18.0 Å². The van der Waals surface area contributed by atoms with Gasteiger partial charge in [-0.1, -0.05) is 37.3 Å². The summed E-state index contributed by atoms with van der Waals surface area (Å²) in [4.78, 5) is 23.1. The molecule has 0 spiro atoms. The lowest BCUT2D eigenvalue weighted by atomic mass is 9.90. The van der Waals surface area contributed by atoms with Crippen molar-refractivity contribution in [2.45, 2.75) is 31.9 Å². The van der Waals surface area contributed by atoms with Crippen LogP contribution in [0.15, 0.2) is 42.5 Å². The summed E-state index contributed by atoms with van der Waals surface area (Å²) in [6, 6.07) is 8.74. The summed E-state index contributed by atoms with van der Waals surface area (Å²) in [6.45, 7) is 1.36. The first-order valence-corrected chi connectivity index (χ1v) is 8.11. The molecule has 1 amide bonds. The number of rotatable bonds is 7. The molecule has 2 N–H and O–H groups in total. The molecule has 0 aliphatic carbocycles. The monoisotopic (exact) mass is 381 g/mol. The van der Waals surface area contributed by atoms with Crippen LogP contribution in [0.5, 0.6) is 0 Å². The lowest BCUT2D eigenvalue weighted by molar-refractivity contribution is -0.137. The van der Waals surface area contributed by atoms with Crippen LogP contribution in [0, 0.1) is 17.5 Å². The molecule has 27 heavy (non-hydrogen) atoms. The Labute approximate surface area is 153 Å². The third-order valence-corrected chi connectivity index (χ3v) is 4.04. The number of aliphatic carboxylic acids is 1. The maximum atomic E-state index is 14.0. The molecule has 0 fully saturated rings. The normalized spacial score (nSPS) is 12.9. The van der Waals surface area contributed by atoms with Crippen molar-refractivity contribution < 1.29 is 32.6 Å². The van der Waals surface area contributed by atoms with E-state index < -0.39 is 47.9 Å². The molecule has 8 heteroatoms. The summed E-state index contributed by atoms with van der Waals surface area (Å²) in [5.41, 5.74) is 0.477. The van der Waals surface area contributed by atoms with Gasteiger partial charge in [0.05, 0.1) is 6.42 Å². The van der Waals surface area contributed by atoms with Gasteiger partial charge < -0.3 is 15.2 Å². The number of carboxylic acid groups (broad SMARTS) is 1. The van der Waals surface area contributed by atoms with Gasteiger partial charge >= 0.3 is 12.1 Å². The minimum Gasteiger partial charge on any atom is -0.481 e. The lowest BCUT2D eigenvalue weighted by Gasteiger charge is -2.24. The first-order chi connectivity index (χ1) is 12.8. The largest absolute Gasteiger partial charge is 0.481 e. The van der Waals surface area contributed by atoms with Crippen LogP contribution in [0.3, 0.4) is 0 Å². The lowest BCUT2D eigenvalue weighted by Crippen LogP contribution is -2.40. The number of amides is 1. The van der Waals surface area contributed by atoms with E-state index in [4.69, 9.17) is 9.84 Å². The number of carbonyl (C=O) groups excluding carboxylic acids is 1. The Balaban J connectivity index is 2.11. The van der Waals surface area contributed by atoms with E-state index in [1.54, 1.807) is 30.3 Å². The van der Waals surface area contributed by atoms with Crippen molar-refractivity contribution in [3.63, 3.8) is 0 Å². The van der Waals surface area contributed by atoms with E-state index in [1.165, 1.54) is 6.92 Å². The zero-order chi connectivity index (χ0) is 20.0. The summed E-state index contributed by atoms with van der Waals surface area (Å²) in [7, 11) is 0. The van der Waals surface area contributed by atoms with Crippen molar-refractivity contribution in [1.82, 2.24) is 5.32 Å². The second-order valence-corrected chi connectivity index (χ2v) is 5.99. The molecule has 5 nitrogen and oxygen atoms in total. The van der Waals surface area contributed by atoms with E-state index in [1.807, 2.05) is 0 Å². The Hall–Kier alpha value is -3.03. The van der Waals surface area contributed by atoms with Gasteiger partial charge in [0.2, 0.25) is 0 Å². The first-order valence-electron chi connectivity index (χ1n) is 8.11. The maximum absolute atomic E-state index is 14.0. The highest BCUT2D eigenvalue weighted by molar-refractivity contribution is 5.71. The van der Waals surface area contributed by atoms with E-state index in [0.717, 1.165) is 5.56 Å². The zero-order valence-electron chi connectivity index (χ0n) is 14.4. The highest BCUT2D eigenvalue weighted by atomic mass is 19.2. The number of ether oxygens (including phenoxy) is 1. The molecule has 0 aliphatic heterocycles. The number of halogens is 3. The standard InChI is InChI=1S/C19H18F3NO4/c1-11(13-7-15(21)16(22)8-14(13)20)17(9-18(24)25)23-19(26)27-10-12-5-3-2-4-6-12/h2-8,11,17H,9-10H2,1H3,(H,23,26)(H,24,25). The third-order valence-electron chi connectivity index (χ3n) is 4.04. The molecule has 2 aromatic carbocycles. The average molecular weight is 381 g/mol. The van der Waals surface area contributed by atoms with E-state index >= 15 is 0 Å². The number of carboxylic acids is 1. The summed E-state index contributed by atoms with van der Waals surface area (Å²) < 4.78 is 45.6. The van der Waals surface area contributed by atoms with Crippen LogP contribution in [-0.4, -0.2) is 23.2 Å². The number of alkyl carbamates (subject to hydrolysis) is 1. The molecule has 0 radical (unpaired) electrons. The third kappa shape index (κ3) is 5.73. The van der Waals surface area contributed by atoms with Crippen LogP contribution in [0.4, 0.5) is 18.0 Å². The van der Waals surface area contributed by atoms with Crippen LogP contribution in [0.25, 0.3) is 0 Å². The van der Waals surface area contributed by atoms with Crippen molar-refractivity contribution >= 4 is 12.1 Å². The molecule has 144 valence electrons. The van der Waals surface area contributed by atoms with Gasteiger partial charge in [0.25, 0.3) is 0 Å². The number of carbonyl (C=O) groups is 2. The smallest absolute Gasteiger partial charge is 0.407 e. The summed E-state index contributed by atoms with van der Waals surface area (Å²) in [6.07, 6.45) is -1.46. The molecule has 0 saturated heterocycles. The average Bonchev–Trinajstić information content (AvgIpc) is 2.62. The van der Waals surface area contributed by atoms with Gasteiger partial charge in [0.1, 0.15) is 12.4 Å². The van der Waals surface area contributed by atoms with Crippen molar-refractivity contribution in [3.05, 3.63) is 71.0 Å². The minimum absolute atomic E-state index is 0.0413. The van der Waals surface area contributed by atoms with Crippen molar-refractivity contribution in [3.8, 4) is 0 Å². The van der Waals surface area contributed by atoms with E-state index in [9.17, 15) is 22.8 Å². The Morgan fingerprint density at radius 1 is 1.07 bits per heavy atom. The summed E-state index contributed by atoms with van der Waals surface area (Å²) in [5, 5.41) is 11.4. The van der Waals surface area contributed by atoms with Crippen LogP contribution in [-0.2, 0) is 16.1 Å². The number of hydrogen-bond donors (Lipinski definition) is 2. The van der Waals surface area contributed by atoms with Crippen molar-refractivity contribution in [2.24, 2.45) is 0 Å². The maximum Gasteiger partial charge on any atom is 0.407 e. The van der Waals surface area contributed by atoms with Gasteiger partial charge in [-0.15, -0.1) is 0 Å². The second kappa shape index (κ2) is 9.07. The SMILES string of the molecule is CC(c1cc(F)c(F)cc1F)C(CC(=O)O)NC(=O)OCc1ccccc1. The Morgan fingerprint density at radius 3 is 2.33 bits per heavy atom. The van der Waals surface area contributed by atoms with Gasteiger partial charge in [-0.3, -0.25) is 4.79 Å². The van der Waals surface area contributed by atoms with Crippen LogP contribution >= 0.6 is 0 Å². The van der Waals surface area contributed by atoms with Gasteiger partial charge in [-0.05, 0) is 17.2 Å². The molecule has 0 aromatic heterocycles. The fourth-order valence-corrected chi connectivity index (χ4v) is 2.56. The first kappa shape index (κ1) is 20.3. The zero-order valence-corrected chi connectivity index (χ0v) is 14.4. The summed E-state index contributed by atoms with van der Waals surface area (Å²) in [5.74, 6) is -5.85. The molecule has 0 bridgehead atoms. The Bertz CT molecular complexity index is 814. The Morgan fingerprint density at radius 2 is 1.70 bits per heavy atom. The van der Waals surface area contributed by atoms with Gasteiger partial charge in [-0.2, -0.15) is 0 Å². The van der Waals surface area contributed by atoms with E-state index in [-0.39, 0.29) is 12.2 Å². The molecular formula is C19H18F3NO4. The summed E-state index contributed by atoms with van der Waals surface area (Å²) >= 11 is 0. The Kier molecular flexibility index (Phi) is 6.81.